The molecule has 3 aromatic heterocycles. The Morgan fingerprint density at radius 3 is 1.62 bits per heavy atom. The van der Waals surface area contributed by atoms with Crippen LogP contribution in [0.1, 0.15) is 18.4 Å². The summed E-state index contributed by atoms with van der Waals surface area (Å²) in [6, 6.07) is 50.3. The number of fused-ring (bicyclic) bond motifs is 2. The third-order valence-electron chi connectivity index (χ3n) is 9.35. The molecule has 5 aromatic carbocycles. The number of nitrogens with zero attached hydrogens (tertiary/aromatic N) is 5. The van der Waals surface area contributed by atoms with Crippen LogP contribution in [0.25, 0.3) is 79.0 Å². The van der Waals surface area contributed by atoms with Gasteiger partial charge in [-0.3, -0.25) is 9.97 Å². The van der Waals surface area contributed by atoms with Crippen LogP contribution in [-0.2, 0) is 0 Å². The van der Waals surface area contributed by atoms with Crippen molar-refractivity contribution in [3.8, 4) is 56.4 Å². The minimum atomic E-state index is 0.624. The minimum Gasteiger partial charge on any atom is -0.256 e. The minimum absolute atomic E-state index is 0.624. The number of aromatic nitrogens is 5. The summed E-state index contributed by atoms with van der Waals surface area (Å²) in [5, 5.41) is 3.38. The van der Waals surface area contributed by atoms with E-state index in [4.69, 9.17) is 19.9 Å². The molecule has 9 rings (SSSR count). The van der Waals surface area contributed by atoms with E-state index >= 15 is 0 Å². The second kappa shape index (κ2) is 12.8. The summed E-state index contributed by atoms with van der Waals surface area (Å²) in [4.78, 5) is 24.5. The summed E-state index contributed by atoms with van der Waals surface area (Å²) in [5.74, 6) is 1.89. The molecule has 0 aliphatic heterocycles. The summed E-state index contributed by atoms with van der Waals surface area (Å²) >= 11 is 0. The van der Waals surface area contributed by atoms with Crippen molar-refractivity contribution in [2.24, 2.45) is 0 Å². The highest BCUT2D eigenvalue weighted by Gasteiger charge is 2.15. The molecule has 1 aliphatic rings. The van der Waals surface area contributed by atoms with Gasteiger partial charge in [0.15, 0.2) is 17.5 Å². The summed E-state index contributed by atoms with van der Waals surface area (Å²) in [6.45, 7) is 0. The standard InChI is InChI=1S/C45H31N5/c1-2-8-30(9-3-1)31-16-22-36(23-17-31)43-48-44(37-24-18-32(19-25-37)39-14-4-10-34-12-6-28-46-41(34)39)50-45(49-43)38-26-20-33(21-27-38)40-15-5-11-35-13-7-29-47-42(35)40/h1-4,6-14,16-29H,5,15H2. The molecule has 5 heteroatoms. The van der Waals surface area contributed by atoms with E-state index < -0.39 is 0 Å². The average Bonchev–Trinajstić information content (AvgIpc) is 3.21. The summed E-state index contributed by atoms with van der Waals surface area (Å²) in [7, 11) is 0. The zero-order valence-corrected chi connectivity index (χ0v) is 27.2. The maximum atomic E-state index is 5.04. The first kappa shape index (κ1) is 29.5. The van der Waals surface area contributed by atoms with Gasteiger partial charge in [-0.1, -0.05) is 140 Å². The Morgan fingerprint density at radius 2 is 0.940 bits per heavy atom. The van der Waals surface area contributed by atoms with Crippen LogP contribution in [0.5, 0.6) is 0 Å². The van der Waals surface area contributed by atoms with Gasteiger partial charge in [-0.15, -0.1) is 0 Å². The number of para-hydroxylation sites is 1. The van der Waals surface area contributed by atoms with Crippen LogP contribution in [0.3, 0.4) is 0 Å². The van der Waals surface area contributed by atoms with Gasteiger partial charge in [-0.05, 0) is 58.0 Å². The molecule has 0 atom stereocenters. The van der Waals surface area contributed by atoms with Gasteiger partial charge in [-0.25, -0.2) is 15.0 Å². The molecule has 0 radical (unpaired) electrons. The van der Waals surface area contributed by atoms with Crippen LogP contribution < -0.4 is 10.6 Å². The van der Waals surface area contributed by atoms with Gasteiger partial charge < -0.3 is 0 Å². The van der Waals surface area contributed by atoms with Gasteiger partial charge >= 0.3 is 0 Å². The number of benzene rings is 5. The Bertz CT molecular complexity index is 2610. The predicted octanol–water partition coefficient (Wildman–Crippen LogP) is 8.92. The van der Waals surface area contributed by atoms with Crippen LogP contribution >= 0.6 is 0 Å². The summed E-state index contributed by atoms with van der Waals surface area (Å²) in [5.41, 5.74) is 10.7. The molecule has 0 unspecified atom stereocenters. The first-order valence-corrected chi connectivity index (χ1v) is 16.9. The van der Waals surface area contributed by atoms with Crippen LogP contribution in [0.15, 0.2) is 158 Å². The molecular weight excluding hydrogens is 611 g/mol. The van der Waals surface area contributed by atoms with E-state index in [-0.39, 0.29) is 0 Å². The number of rotatable bonds is 6. The van der Waals surface area contributed by atoms with Crippen molar-refractivity contribution < 1.29 is 0 Å². The maximum Gasteiger partial charge on any atom is 0.164 e. The highest BCUT2D eigenvalue weighted by Crippen LogP contribution is 2.31. The quantitative estimate of drug-likeness (QED) is 0.181. The Hall–Kier alpha value is -6.59. The molecule has 0 saturated carbocycles. The highest BCUT2D eigenvalue weighted by molar-refractivity contribution is 5.93. The lowest BCUT2D eigenvalue weighted by Crippen LogP contribution is -2.32. The van der Waals surface area contributed by atoms with E-state index in [1.165, 1.54) is 21.9 Å². The van der Waals surface area contributed by atoms with Gasteiger partial charge in [0.05, 0.1) is 10.9 Å². The highest BCUT2D eigenvalue weighted by atomic mass is 15.0. The predicted molar refractivity (Wildman–Crippen MR) is 202 cm³/mol. The molecule has 0 amide bonds. The molecule has 5 nitrogen and oxygen atoms in total. The van der Waals surface area contributed by atoms with Crippen LogP contribution in [0.2, 0.25) is 0 Å². The van der Waals surface area contributed by atoms with Crippen molar-refractivity contribution in [1.29, 1.82) is 0 Å². The molecule has 0 saturated heterocycles. The second-order valence-corrected chi connectivity index (χ2v) is 12.4. The van der Waals surface area contributed by atoms with Gasteiger partial charge in [-0.2, -0.15) is 0 Å². The molecule has 1 aliphatic carbocycles. The molecule has 50 heavy (non-hydrogen) atoms. The van der Waals surface area contributed by atoms with Crippen molar-refractivity contribution in [2.45, 2.75) is 12.8 Å². The molecular formula is C45H31N5. The first-order chi connectivity index (χ1) is 24.8. The third kappa shape index (κ3) is 5.65. The fraction of sp³-hybridized carbons (Fsp3) is 0.0444. The van der Waals surface area contributed by atoms with Crippen molar-refractivity contribution in [3.05, 3.63) is 174 Å². The largest absolute Gasteiger partial charge is 0.256 e. The van der Waals surface area contributed by atoms with E-state index in [2.05, 4.69) is 138 Å². The molecule has 236 valence electrons. The number of hydrogen-bond donors (Lipinski definition) is 0. The lowest BCUT2D eigenvalue weighted by molar-refractivity contribution is 1.04. The van der Waals surface area contributed by atoms with Crippen LogP contribution in [0, 0.1) is 0 Å². The lowest BCUT2D eigenvalue weighted by Gasteiger charge is -2.12. The molecule has 0 spiro atoms. The maximum absolute atomic E-state index is 5.04. The fourth-order valence-corrected chi connectivity index (χ4v) is 6.77. The van der Waals surface area contributed by atoms with Gasteiger partial charge in [0.1, 0.15) is 0 Å². The monoisotopic (exact) mass is 641 g/mol. The smallest absolute Gasteiger partial charge is 0.164 e. The summed E-state index contributed by atoms with van der Waals surface area (Å²) < 4.78 is 0. The average molecular weight is 642 g/mol. The molecule has 3 heterocycles. The van der Waals surface area contributed by atoms with E-state index in [1.807, 2.05) is 30.6 Å². The van der Waals surface area contributed by atoms with E-state index in [1.54, 1.807) is 0 Å². The number of pyridine rings is 2. The normalized spacial score (nSPS) is 12.4. The molecule has 0 N–H and O–H groups in total. The van der Waals surface area contributed by atoms with Crippen molar-refractivity contribution >= 4 is 22.6 Å². The van der Waals surface area contributed by atoms with Crippen molar-refractivity contribution in [1.82, 2.24) is 24.9 Å². The first-order valence-electron chi connectivity index (χ1n) is 16.9. The van der Waals surface area contributed by atoms with Crippen molar-refractivity contribution in [2.75, 3.05) is 0 Å². The fourth-order valence-electron chi connectivity index (χ4n) is 6.77. The van der Waals surface area contributed by atoms with E-state index in [0.29, 0.717) is 17.5 Å². The van der Waals surface area contributed by atoms with E-state index in [0.717, 1.165) is 62.5 Å². The summed E-state index contributed by atoms with van der Waals surface area (Å²) in [6.07, 6.45) is 7.96. The molecule has 0 fully saturated rings. The zero-order valence-electron chi connectivity index (χ0n) is 27.2. The topological polar surface area (TPSA) is 64.5 Å². The Balaban J connectivity index is 1.12. The molecule has 0 bridgehead atoms. The Kier molecular flexibility index (Phi) is 7.56. The SMILES string of the molecule is C1=c2cccnc2=C(c2ccc(-c3nc(-c4ccc(-c5ccccc5)cc4)nc(-c4ccc(-c5cccc6cccnc56)cc4)n3)cc2)CC1. The van der Waals surface area contributed by atoms with Gasteiger partial charge in [0.25, 0.3) is 0 Å². The zero-order chi connectivity index (χ0) is 33.3. The molecule has 8 aromatic rings. The van der Waals surface area contributed by atoms with E-state index in [9.17, 15) is 0 Å². The number of hydrogen-bond acceptors (Lipinski definition) is 5. The van der Waals surface area contributed by atoms with Crippen LogP contribution in [0.4, 0.5) is 0 Å². The third-order valence-corrected chi connectivity index (χ3v) is 9.35. The van der Waals surface area contributed by atoms with Gasteiger partial charge in [0, 0.05) is 40.0 Å². The second-order valence-electron chi connectivity index (χ2n) is 12.4. The van der Waals surface area contributed by atoms with Crippen molar-refractivity contribution in [3.63, 3.8) is 0 Å². The van der Waals surface area contributed by atoms with Gasteiger partial charge in [0.2, 0.25) is 0 Å². The Labute approximate surface area is 290 Å². The Morgan fingerprint density at radius 1 is 0.400 bits per heavy atom. The lowest BCUT2D eigenvalue weighted by atomic mass is 9.95. The van der Waals surface area contributed by atoms with Crippen LogP contribution in [-0.4, -0.2) is 24.9 Å².